The van der Waals surface area contributed by atoms with Crippen molar-refractivity contribution in [2.45, 2.75) is 91.4 Å². The maximum Gasteiger partial charge on any atom is 0.00814 e. The van der Waals surface area contributed by atoms with Crippen molar-refractivity contribution >= 4 is 11.3 Å². The van der Waals surface area contributed by atoms with E-state index >= 15 is 0 Å². The molecule has 0 aromatic carbocycles. The first-order valence-corrected chi connectivity index (χ1v) is 9.47. The third kappa shape index (κ3) is 6.92. The van der Waals surface area contributed by atoms with Gasteiger partial charge in [-0.1, -0.05) is 85.1 Å². The van der Waals surface area contributed by atoms with Gasteiger partial charge in [0.1, 0.15) is 0 Å². The fraction of sp³-hybridized carbons (Fsp3) is 0.789. The highest BCUT2D eigenvalue weighted by Crippen LogP contribution is 2.40. The summed E-state index contributed by atoms with van der Waals surface area (Å²) in [5.41, 5.74) is 0.395. The molecule has 20 heavy (non-hydrogen) atoms. The fourth-order valence-electron chi connectivity index (χ4n) is 2.97. The number of rotatable bonds is 10. The van der Waals surface area contributed by atoms with Crippen LogP contribution in [0.3, 0.4) is 0 Å². The van der Waals surface area contributed by atoms with E-state index in [-0.39, 0.29) is 0 Å². The molecule has 0 saturated carbocycles. The average Bonchev–Trinajstić information content (AvgIpc) is 2.89. The lowest BCUT2D eigenvalue weighted by molar-refractivity contribution is 0.301. The standard InChI is InChI=1S/C19H34S/c1-5-6-7-8-9-10-11-12-14-17(19(2,3)4)18-15-13-16-20-18/h13,15-17H,5-12,14H2,1-4H3. The van der Waals surface area contributed by atoms with Gasteiger partial charge in [0, 0.05) is 4.88 Å². The van der Waals surface area contributed by atoms with Gasteiger partial charge in [0.2, 0.25) is 0 Å². The van der Waals surface area contributed by atoms with Crippen molar-refractivity contribution in [2.75, 3.05) is 0 Å². The van der Waals surface area contributed by atoms with Gasteiger partial charge in [-0.3, -0.25) is 0 Å². The Kier molecular flexibility index (Phi) is 8.52. The Balaban J connectivity index is 2.21. The van der Waals surface area contributed by atoms with Crippen LogP contribution in [0, 0.1) is 5.41 Å². The number of thiophene rings is 1. The highest BCUT2D eigenvalue weighted by atomic mass is 32.1. The Morgan fingerprint density at radius 1 is 0.950 bits per heavy atom. The first kappa shape index (κ1) is 17.8. The first-order valence-electron chi connectivity index (χ1n) is 8.59. The maximum absolute atomic E-state index is 2.39. The summed E-state index contributed by atoms with van der Waals surface area (Å²) in [7, 11) is 0. The monoisotopic (exact) mass is 294 g/mol. The molecule has 0 amide bonds. The second-order valence-electron chi connectivity index (χ2n) is 7.20. The van der Waals surface area contributed by atoms with E-state index < -0.39 is 0 Å². The summed E-state index contributed by atoms with van der Waals surface area (Å²) in [5, 5.41) is 2.22. The number of hydrogen-bond donors (Lipinski definition) is 0. The van der Waals surface area contributed by atoms with Crippen molar-refractivity contribution in [3.8, 4) is 0 Å². The van der Waals surface area contributed by atoms with Gasteiger partial charge in [-0.25, -0.2) is 0 Å². The van der Waals surface area contributed by atoms with Crippen LogP contribution in [-0.4, -0.2) is 0 Å². The topological polar surface area (TPSA) is 0 Å². The zero-order chi connectivity index (χ0) is 14.8. The molecular weight excluding hydrogens is 260 g/mol. The highest BCUT2D eigenvalue weighted by molar-refractivity contribution is 7.10. The molecule has 116 valence electrons. The van der Waals surface area contributed by atoms with Crippen molar-refractivity contribution in [2.24, 2.45) is 5.41 Å². The van der Waals surface area contributed by atoms with Crippen LogP contribution >= 0.6 is 11.3 Å². The molecule has 0 aliphatic carbocycles. The molecular formula is C19H34S. The highest BCUT2D eigenvalue weighted by Gasteiger charge is 2.26. The summed E-state index contributed by atoms with van der Waals surface area (Å²) < 4.78 is 0. The van der Waals surface area contributed by atoms with E-state index in [1.807, 2.05) is 11.3 Å². The van der Waals surface area contributed by atoms with Gasteiger partial charge in [-0.05, 0) is 29.2 Å². The van der Waals surface area contributed by atoms with Crippen LogP contribution in [-0.2, 0) is 0 Å². The molecule has 0 aliphatic heterocycles. The minimum atomic E-state index is 0.395. The van der Waals surface area contributed by atoms with Crippen molar-refractivity contribution in [1.82, 2.24) is 0 Å². The molecule has 0 spiro atoms. The molecule has 1 atom stereocenters. The van der Waals surface area contributed by atoms with Crippen LogP contribution in [0.1, 0.15) is 96.3 Å². The van der Waals surface area contributed by atoms with E-state index in [0.717, 1.165) is 5.92 Å². The molecule has 0 fully saturated rings. The van der Waals surface area contributed by atoms with Crippen molar-refractivity contribution in [3.63, 3.8) is 0 Å². The summed E-state index contributed by atoms with van der Waals surface area (Å²) in [5.74, 6) is 0.739. The zero-order valence-corrected chi connectivity index (χ0v) is 14.9. The minimum absolute atomic E-state index is 0.395. The molecule has 1 aromatic heterocycles. The van der Waals surface area contributed by atoms with Crippen LogP contribution < -0.4 is 0 Å². The van der Waals surface area contributed by atoms with Crippen LogP contribution in [0.2, 0.25) is 0 Å². The minimum Gasteiger partial charge on any atom is -0.149 e. The molecule has 1 aromatic rings. The molecule has 0 radical (unpaired) electrons. The largest absolute Gasteiger partial charge is 0.149 e. The third-order valence-electron chi connectivity index (χ3n) is 4.28. The number of hydrogen-bond acceptors (Lipinski definition) is 1. The Bertz CT molecular complexity index is 318. The Morgan fingerprint density at radius 3 is 2.05 bits per heavy atom. The van der Waals surface area contributed by atoms with Gasteiger partial charge in [-0.15, -0.1) is 11.3 Å². The Labute approximate surface area is 131 Å². The summed E-state index contributed by atoms with van der Waals surface area (Å²) in [6.45, 7) is 9.46. The summed E-state index contributed by atoms with van der Waals surface area (Å²) in [6.07, 6.45) is 12.7. The molecule has 1 unspecified atom stereocenters. The van der Waals surface area contributed by atoms with Gasteiger partial charge >= 0.3 is 0 Å². The normalized spacial score (nSPS) is 13.6. The van der Waals surface area contributed by atoms with Crippen molar-refractivity contribution in [3.05, 3.63) is 22.4 Å². The summed E-state index contributed by atoms with van der Waals surface area (Å²) in [4.78, 5) is 1.58. The lowest BCUT2D eigenvalue weighted by atomic mass is 9.77. The van der Waals surface area contributed by atoms with Crippen LogP contribution in [0.15, 0.2) is 17.5 Å². The average molecular weight is 295 g/mol. The Hall–Kier alpha value is -0.300. The molecule has 1 heteroatoms. The van der Waals surface area contributed by atoms with Gasteiger partial charge in [0.25, 0.3) is 0 Å². The smallest absolute Gasteiger partial charge is 0.00814 e. The second-order valence-corrected chi connectivity index (χ2v) is 8.18. The van der Waals surface area contributed by atoms with Gasteiger partial charge in [0.05, 0.1) is 0 Å². The predicted molar refractivity (Wildman–Crippen MR) is 93.7 cm³/mol. The summed E-state index contributed by atoms with van der Waals surface area (Å²) in [6, 6.07) is 4.53. The lowest BCUT2D eigenvalue weighted by Crippen LogP contribution is -2.17. The molecule has 0 N–H and O–H groups in total. The fourth-order valence-corrected chi connectivity index (χ4v) is 4.08. The van der Waals surface area contributed by atoms with E-state index in [1.165, 1.54) is 57.8 Å². The molecule has 0 bridgehead atoms. The van der Waals surface area contributed by atoms with Gasteiger partial charge in [0.15, 0.2) is 0 Å². The first-order chi connectivity index (χ1) is 9.55. The second kappa shape index (κ2) is 9.60. The lowest BCUT2D eigenvalue weighted by Gasteiger charge is -2.30. The van der Waals surface area contributed by atoms with Crippen LogP contribution in [0.5, 0.6) is 0 Å². The van der Waals surface area contributed by atoms with E-state index in [2.05, 4.69) is 45.2 Å². The van der Waals surface area contributed by atoms with Crippen LogP contribution in [0.25, 0.3) is 0 Å². The maximum atomic E-state index is 2.39. The summed E-state index contributed by atoms with van der Waals surface area (Å²) >= 11 is 1.94. The molecule has 1 heterocycles. The van der Waals surface area contributed by atoms with Gasteiger partial charge < -0.3 is 0 Å². The molecule has 0 nitrogen and oxygen atoms in total. The molecule has 0 saturated heterocycles. The SMILES string of the molecule is CCCCCCCCCCC(c1cccs1)C(C)(C)C. The van der Waals surface area contributed by atoms with E-state index in [4.69, 9.17) is 0 Å². The molecule has 0 aliphatic rings. The quantitative estimate of drug-likeness (QED) is 0.394. The van der Waals surface area contributed by atoms with E-state index in [9.17, 15) is 0 Å². The van der Waals surface area contributed by atoms with E-state index in [1.54, 1.807) is 4.88 Å². The number of unbranched alkanes of at least 4 members (excludes halogenated alkanes) is 7. The Morgan fingerprint density at radius 2 is 1.55 bits per heavy atom. The third-order valence-corrected chi connectivity index (χ3v) is 5.26. The van der Waals surface area contributed by atoms with Crippen molar-refractivity contribution in [1.29, 1.82) is 0 Å². The van der Waals surface area contributed by atoms with Crippen molar-refractivity contribution < 1.29 is 0 Å². The van der Waals surface area contributed by atoms with Gasteiger partial charge in [-0.2, -0.15) is 0 Å². The van der Waals surface area contributed by atoms with Crippen LogP contribution in [0.4, 0.5) is 0 Å². The van der Waals surface area contributed by atoms with E-state index in [0.29, 0.717) is 5.41 Å². The molecule has 1 rings (SSSR count). The predicted octanol–water partition coefficient (Wildman–Crippen LogP) is 7.41. The zero-order valence-electron chi connectivity index (χ0n) is 14.1.